The van der Waals surface area contributed by atoms with Gasteiger partial charge < -0.3 is 10.8 Å². The Morgan fingerprint density at radius 3 is 2.67 bits per heavy atom. The van der Waals surface area contributed by atoms with Crippen LogP contribution >= 0.6 is 0 Å². The summed E-state index contributed by atoms with van der Waals surface area (Å²) >= 11 is 0. The first-order valence-electron chi connectivity index (χ1n) is 4.90. The molecule has 1 unspecified atom stereocenters. The van der Waals surface area contributed by atoms with Gasteiger partial charge in [0.1, 0.15) is 0 Å². The van der Waals surface area contributed by atoms with E-state index in [9.17, 15) is 5.11 Å². The Morgan fingerprint density at radius 2 is 2.25 bits per heavy atom. The highest BCUT2D eigenvalue weighted by Gasteiger charge is 2.41. The van der Waals surface area contributed by atoms with E-state index in [0.717, 1.165) is 32.4 Å². The summed E-state index contributed by atoms with van der Waals surface area (Å²) in [6.07, 6.45) is 4.21. The quantitative estimate of drug-likeness (QED) is 0.621. The number of likely N-dealkylation sites (tertiary alicyclic amines) is 1. The van der Waals surface area contributed by atoms with E-state index in [-0.39, 0.29) is 5.60 Å². The van der Waals surface area contributed by atoms with Crippen LogP contribution in [0.5, 0.6) is 0 Å². The van der Waals surface area contributed by atoms with Crippen molar-refractivity contribution in [2.24, 2.45) is 5.73 Å². The second kappa shape index (κ2) is 2.98. The molecule has 0 spiro atoms. The van der Waals surface area contributed by atoms with Crippen molar-refractivity contribution < 1.29 is 5.11 Å². The Bertz CT molecular complexity index is 166. The van der Waals surface area contributed by atoms with Gasteiger partial charge in [-0.2, -0.15) is 0 Å². The molecule has 12 heavy (non-hydrogen) atoms. The summed E-state index contributed by atoms with van der Waals surface area (Å²) in [4.78, 5) is 2.39. The summed E-state index contributed by atoms with van der Waals surface area (Å²) in [6.45, 7) is 2.99. The van der Waals surface area contributed by atoms with E-state index in [2.05, 4.69) is 4.90 Å². The third-order valence-corrected chi connectivity index (χ3v) is 3.23. The maximum atomic E-state index is 9.60. The lowest BCUT2D eigenvalue weighted by atomic mass is 10.0. The Morgan fingerprint density at radius 1 is 1.50 bits per heavy atom. The van der Waals surface area contributed by atoms with Gasteiger partial charge in [0.15, 0.2) is 0 Å². The largest absolute Gasteiger partial charge is 0.390 e. The monoisotopic (exact) mass is 170 g/mol. The van der Waals surface area contributed by atoms with Crippen LogP contribution in [0.1, 0.15) is 25.7 Å². The minimum atomic E-state index is -0.283. The van der Waals surface area contributed by atoms with E-state index in [0.29, 0.717) is 6.04 Å². The maximum absolute atomic E-state index is 9.60. The van der Waals surface area contributed by atoms with Crippen LogP contribution in [-0.4, -0.2) is 41.3 Å². The van der Waals surface area contributed by atoms with Gasteiger partial charge in [0.2, 0.25) is 0 Å². The van der Waals surface area contributed by atoms with Crippen LogP contribution in [0.2, 0.25) is 0 Å². The average Bonchev–Trinajstić information content (AvgIpc) is 2.68. The smallest absolute Gasteiger partial charge is 0.0662 e. The Hall–Kier alpha value is -0.120. The van der Waals surface area contributed by atoms with Crippen molar-refractivity contribution in [3.8, 4) is 0 Å². The minimum absolute atomic E-state index is 0.283. The molecule has 1 aliphatic heterocycles. The number of nitrogens with zero attached hydrogens (tertiary/aromatic N) is 1. The number of hydrogen-bond acceptors (Lipinski definition) is 3. The lowest BCUT2D eigenvalue weighted by Crippen LogP contribution is -2.52. The molecule has 1 heterocycles. The van der Waals surface area contributed by atoms with E-state index in [1.807, 2.05) is 0 Å². The lowest BCUT2D eigenvalue weighted by Gasteiger charge is -2.40. The summed E-state index contributed by atoms with van der Waals surface area (Å²) in [5.74, 6) is 0. The summed E-state index contributed by atoms with van der Waals surface area (Å²) < 4.78 is 0. The van der Waals surface area contributed by atoms with Crippen molar-refractivity contribution in [1.29, 1.82) is 0 Å². The SMILES string of the molecule is NCC1CCN1CCC1(O)CC1. The fourth-order valence-electron chi connectivity index (χ4n) is 1.80. The summed E-state index contributed by atoms with van der Waals surface area (Å²) in [5, 5.41) is 9.60. The van der Waals surface area contributed by atoms with Gasteiger partial charge in [0, 0.05) is 25.7 Å². The first kappa shape index (κ1) is 8.48. The van der Waals surface area contributed by atoms with Gasteiger partial charge in [-0.1, -0.05) is 0 Å². The second-order valence-corrected chi connectivity index (χ2v) is 4.19. The molecule has 0 bridgehead atoms. The summed E-state index contributed by atoms with van der Waals surface area (Å²) in [6, 6.07) is 0.604. The van der Waals surface area contributed by atoms with Gasteiger partial charge in [-0.15, -0.1) is 0 Å². The van der Waals surface area contributed by atoms with Crippen LogP contribution in [0.25, 0.3) is 0 Å². The van der Waals surface area contributed by atoms with Crippen molar-refractivity contribution in [2.75, 3.05) is 19.6 Å². The maximum Gasteiger partial charge on any atom is 0.0662 e. The first-order valence-corrected chi connectivity index (χ1v) is 4.90. The first-order chi connectivity index (χ1) is 5.73. The molecule has 0 amide bonds. The molecule has 1 atom stereocenters. The van der Waals surface area contributed by atoms with E-state index in [1.165, 1.54) is 13.0 Å². The second-order valence-electron chi connectivity index (χ2n) is 4.19. The molecule has 3 nitrogen and oxygen atoms in total. The van der Waals surface area contributed by atoms with E-state index < -0.39 is 0 Å². The van der Waals surface area contributed by atoms with Gasteiger partial charge in [-0.05, 0) is 25.7 Å². The van der Waals surface area contributed by atoms with E-state index >= 15 is 0 Å². The van der Waals surface area contributed by atoms with Crippen molar-refractivity contribution in [1.82, 2.24) is 4.90 Å². The molecule has 3 heteroatoms. The van der Waals surface area contributed by atoms with Crippen molar-refractivity contribution >= 4 is 0 Å². The van der Waals surface area contributed by atoms with Crippen LogP contribution in [0.15, 0.2) is 0 Å². The molecular formula is C9H18N2O. The zero-order chi connectivity index (χ0) is 8.60. The van der Waals surface area contributed by atoms with E-state index in [4.69, 9.17) is 5.73 Å². The molecule has 0 aromatic rings. The van der Waals surface area contributed by atoms with Crippen molar-refractivity contribution in [2.45, 2.75) is 37.3 Å². The van der Waals surface area contributed by atoms with Crippen molar-refractivity contribution in [3.05, 3.63) is 0 Å². The van der Waals surface area contributed by atoms with Crippen LogP contribution in [-0.2, 0) is 0 Å². The predicted octanol–water partition coefficient (Wildman–Crippen LogP) is -0.0656. The van der Waals surface area contributed by atoms with Crippen LogP contribution < -0.4 is 5.73 Å². The summed E-state index contributed by atoms with van der Waals surface area (Å²) in [5.41, 5.74) is 5.29. The predicted molar refractivity (Wildman–Crippen MR) is 47.8 cm³/mol. The number of rotatable bonds is 4. The van der Waals surface area contributed by atoms with Crippen LogP contribution in [0.3, 0.4) is 0 Å². The van der Waals surface area contributed by atoms with Crippen LogP contribution in [0.4, 0.5) is 0 Å². The highest BCUT2D eigenvalue weighted by Crippen LogP contribution is 2.38. The molecule has 2 fully saturated rings. The number of hydrogen-bond donors (Lipinski definition) is 2. The molecule has 0 aromatic carbocycles. The fraction of sp³-hybridized carbons (Fsp3) is 1.00. The third kappa shape index (κ3) is 1.63. The average molecular weight is 170 g/mol. The highest BCUT2D eigenvalue weighted by atomic mass is 16.3. The minimum Gasteiger partial charge on any atom is -0.390 e. The Balaban J connectivity index is 1.66. The van der Waals surface area contributed by atoms with E-state index in [1.54, 1.807) is 0 Å². The van der Waals surface area contributed by atoms with Gasteiger partial charge in [0.25, 0.3) is 0 Å². The molecule has 1 saturated heterocycles. The fourth-order valence-corrected chi connectivity index (χ4v) is 1.80. The van der Waals surface area contributed by atoms with Crippen molar-refractivity contribution in [3.63, 3.8) is 0 Å². The number of nitrogens with two attached hydrogens (primary N) is 1. The molecular weight excluding hydrogens is 152 g/mol. The van der Waals surface area contributed by atoms with Gasteiger partial charge in [-0.25, -0.2) is 0 Å². The zero-order valence-electron chi connectivity index (χ0n) is 7.50. The molecule has 70 valence electrons. The molecule has 1 aliphatic carbocycles. The van der Waals surface area contributed by atoms with Gasteiger partial charge in [0.05, 0.1) is 5.60 Å². The Kier molecular flexibility index (Phi) is 2.10. The molecule has 2 rings (SSSR count). The standard InChI is InChI=1S/C9H18N2O/c10-7-8-1-5-11(8)6-4-9(12)2-3-9/h8,12H,1-7,10H2. The van der Waals surface area contributed by atoms with Gasteiger partial charge in [-0.3, -0.25) is 4.90 Å². The molecule has 0 aromatic heterocycles. The Labute approximate surface area is 73.5 Å². The molecule has 1 saturated carbocycles. The third-order valence-electron chi connectivity index (χ3n) is 3.23. The lowest BCUT2D eigenvalue weighted by molar-refractivity contribution is 0.0605. The topological polar surface area (TPSA) is 49.5 Å². The number of aliphatic hydroxyl groups is 1. The van der Waals surface area contributed by atoms with Gasteiger partial charge >= 0.3 is 0 Å². The molecule has 0 radical (unpaired) electrons. The normalized spacial score (nSPS) is 33.0. The van der Waals surface area contributed by atoms with Crippen LogP contribution in [0, 0.1) is 0 Å². The molecule has 2 aliphatic rings. The summed E-state index contributed by atoms with van der Waals surface area (Å²) in [7, 11) is 0. The highest BCUT2D eigenvalue weighted by molar-refractivity contribution is 4.95. The molecule has 3 N–H and O–H groups in total. The zero-order valence-corrected chi connectivity index (χ0v) is 7.50.